The average molecular weight is 356 g/mol. The molecular weight excluding hydrogens is 328 g/mol. The van der Waals surface area contributed by atoms with Gasteiger partial charge in [-0.05, 0) is 44.0 Å². The zero-order valence-electron chi connectivity index (χ0n) is 15.7. The van der Waals surface area contributed by atoms with Crippen LogP contribution >= 0.6 is 0 Å². The molecule has 5 rings (SSSR count). The minimum Gasteiger partial charge on any atom is -0.465 e. The largest absolute Gasteiger partial charge is 0.465 e. The van der Waals surface area contributed by atoms with Gasteiger partial charge in [-0.15, -0.1) is 0 Å². The number of aryl methyl sites for hydroxylation is 1. The van der Waals surface area contributed by atoms with E-state index in [-0.39, 0.29) is 5.97 Å². The Morgan fingerprint density at radius 2 is 2.15 bits per heavy atom. The number of hydrogen-bond acceptors (Lipinski definition) is 5. The highest BCUT2D eigenvalue weighted by Crippen LogP contribution is 2.27. The zero-order chi connectivity index (χ0) is 18.1. The summed E-state index contributed by atoms with van der Waals surface area (Å²) >= 11 is 0. The molecule has 1 N–H and O–H groups in total. The van der Waals surface area contributed by atoms with Gasteiger partial charge in [-0.2, -0.15) is 0 Å². The lowest BCUT2D eigenvalue weighted by atomic mass is 9.84. The molecule has 3 aliphatic rings. The van der Waals surface area contributed by atoms with E-state index in [2.05, 4.69) is 21.7 Å². The molecule has 1 aromatic heterocycles. The van der Waals surface area contributed by atoms with Crippen molar-refractivity contribution in [1.82, 2.24) is 19.8 Å². The monoisotopic (exact) mass is 356 g/mol. The van der Waals surface area contributed by atoms with Gasteiger partial charge >= 0.3 is 5.97 Å². The van der Waals surface area contributed by atoms with Crippen molar-refractivity contribution >= 4 is 17.0 Å². The van der Waals surface area contributed by atoms with E-state index in [4.69, 9.17) is 9.72 Å². The SMILES string of the molecule is CCc1nc2cccc(C(=O)OC)c2n1CCN[C@H]1CN2CCC1CC2. The minimum atomic E-state index is -0.301. The number of nitrogens with zero attached hydrogens (tertiary/aromatic N) is 3. The second kappa shape index (κ2) is 7.37. The lowest BCUT2D eigenvalue weighted by Crippen LogP contribution is -2.56. The Hall–Kier alpha value is -1.92. The summed E-state index contributed by atoms with van der Waals surface area (Å²) in [6.45, 7) is 7.51. The number of para-hydroxylation sites is 1. The van der Waals surface area contributed by atoms with E-state index in [1.165, 1.54) is 39.6 Å². The maximum absolute atomic E-state index is 12.2. The highest BCUT2D eigenvalue weighted by atomic mass is 16.5. The molecule has 0 amide bonds. The van der Waals surface area contributed by atoms with Crippen LogP contribution in [0.25, 0.3) is 11.0 Å². The Labute approximate surface area is 154 Å². The summed E-state index contributed by atoms with van der Waals surface area (Å²) in [6, 6.07) is 6.26. The van der Waals surface area contributed by atoms with E-state index in [0.717, 1.165) is 42.3 Å². The normalized spacial score (nSPS) is 24.9. The number of methoxy groups -OCH3 is 1. The van der Waals surface area contributed by atoms with E-state index < -0.39 is 0 Å². The Morgan fingerprint density at radius 3 is 2.81 bits per heavy atom. The van der Waals surface area contributed by atoms with Gasteiger partial charge in [0.1, 0.15) is 5.82 Å². The molecule has 3 fully saturated rings. The predicted octanol–water partition coefficient (Wildman–Crippen LogP) is 2.07. The number of fused-ring (bicyclic) bond motifs is 4. The van der Waals surface area contributed by atoms with Crippen LogP contribution in [0.2, 0.25) is 0 Å². The second-order valence-electron chi connectivity index (χ2n) is 7.40. The average Bonchev–Trinajstić information content (AvgIpc) is 3.06. The van der Waals surface area contributed by atoms with Crippen LogP contribution in [0, 0.1) is 5.92 Å². The van der Waals surface area contributed by atoms with Crippen molar-refractivity contribution < 1.29 is 9.53 Å². The van der Waals surface area contributed by atoms with Crippen molar-refractivity contribution in [3.8, 4) is 0 Å². The second-order valence-corrected chi connectivity index (χ2v) is 7.40. The van der Waals surface area contributed by atoms with Gasteiger partial charge in [-0.25, -0.2) is 9.78 Å². The summed E-state index contributed by atoms with van der Waals surface area (Å²) < 4.78 is 7.16. The van der Waals surface area contributed by atoms with E-state index >= 15 is 0 Å². The molecule has 0 unspecified atom stereocenters. The van der Waals surface area contributed by atoms with E-state index in [1.54, 1.807) is 0 Å². The number of hydrogen-bond donors (Lipinski definition) is 1. The zero-order valence-corrected chi connectivity index (χ0v) is 15.7. The molecule has 6 heteroatoms. The van der Waals surface area contributed by atoms with Crippen molar-refractivity contribution in [2.45, 2.75) is 38.8 Å². The van der Waals surface area contributed by atoms with Crippen LogP contribution in [-0.4, -0.2) is 59.8 Å². The number of benzene rings is 1. The molecule has 3 saturated heterocycles. The summed E-state index contributed by atoms with van der Waals surface area (Å²) in [6.07, 6.45) is 3.48. The van der Waals surface area contributed by atoms with Crippen LogP contribution in [0.4, 0.5) is 0 Å². The van der Waals surface area contributed by atoms with Crippen LogP contribution in [0.1, 0.15) is 35.9 Å². The molecule has 26 heavy (non-hydrogen) atoms. The van der Waals surface area contributed by atoms with Gasteiger partial charge in [-0.3, -0.25) is 0 Å². The Bertz CT molecular complexity index is 792. The molecule has 0 radical (unpaired) electrons. The van der Waals surface area contributed by atoms with Crippen LogP contribution in [0.5, 0.6) is 0 Å². The Balaban J connectivity index is 1.54. The maximum Gasteiger partial charge on any atom is 0.340 e. The summed E-state index contributed by atoms with van der Waals surface area (Å²) in [5.41, 5.74) is 2.36. The van der Waals surface area contributed by atoms with Gasteiger partial charge in [-0.1, -0.05) is 13.0 Å². The molecule has 140 valence electrons. The first-order valence-corrected chi connectivity index (χ1v) is 9.73. The first-order valence-electron chi connectivity index (χ1n) is 9.73. The van der Waals surface area contributed by atoms with Crippen molar-refractivity contribution in [2.75, 3.05) is 33.3 Å². The van der Waals surface area contributed by atoms with Crippen LogP contribution in [0.15, 0.2) is 18.2 Å². The topological polar surface area (TPSA) is 59.4 Å². The summed E-state index contributed by atoms with van der Waals surface area (Å²) in [5.74, 6) is 1.53. The van der Waals surface area contributed by atoms with Crippen molar-refractivity contribution in [3.63, 3.8) is 0 Å². The quantitative estimate of drug-likeness (QED) is 0.803. The van der Waals surface area contributed by atoms with Crippen molar-refractivity contribution in [1.29, 1.82) is 0 Å². The molecular formula is C20H28N4O2. The molecule has 0 aliphatic carbocycles. The molecule has 1 atom stereocenters. The summed E-state index contributed by atoms with van der Waals surface area (Å²) in [7, 11) is 1.43. The van der Waals surface area contributed by atoms with Crippen LogP contribution < -0.4 is 5.32 Å². The molecule has 2 bridgehead atoms. The fraction of sp³-hybridized carbons (Fsp3) is 0.600. The molecule has 4 heterocycles. The first kappa shape index (κ1) is 17.5. The van der Waals surface area contributed by atoms with Crippen molar-refractivity contribution in [3.05, 3.63) is 29.6 Å². The van der Waals surface area contributed by atoms with Crippen molar-refractivity contribution in [2.24, 2.45) is 5.92 Å². The van der Waals surface area contributed by atoms with Gasteiger partial charge in [0.05, 0.1) is 23.7 Å². The first-order chi connectivity index (χ1) is 12.7. The number of piperidine rings is 3. The minimum absolute atomic E-state index is 0.301. The Kier molecular flexibility index (Phi) is 4.96. The third-order valence-electron chi connectivity index (χ3n) is 5.97. The number of rotatable bonds is 6. The van der Waals surface area contributed by atoms with Gasteiger partial charge in [0, 0.05) is 32.1 Å². The lowest BCUT2D eigenvalue weighted by Gasteiger charge is -2.45. The van der Waals surface area contributed by atoms with Crippen LogP contribution in [0.3, 0.4) is 0 Å². The third kappa shape index (κ3) is 3.12. The van der Waals surface area contributed by atoms with Gasteiger partial charge in [0.25, 0.3) is 0 Å². The van der Waals surface area contributed by atoms with Gasteiger partial charge in [0.2, 0.25) is 0 Å². The van der Waals surface area contributed by atoms with Gasteiger partial charge < -0.3 is 19.5 Å². The standard InChI is InChI=1S/C20H28N4O2/c1-3-18-22-16-6-4-5-15(20(25)26-2)19(16)24(18)12-9-21-17-13-23-10-7-14(17)8-11-23/h4-6,14,17,21H,3,7-13H2,1-2H3/t17-/m0/s1. The van der Waals surface area contributed by atoms with Crippen LogP contribution in [-0.2, 0) is 17.7 Å². The van der Waals surface area contributed by atoms with Gasteiger partial charge in [0.15, 0.2) is 0 Å². The fourth-order valence-electron chi connectivity index (χ4n) is 4.58. The highest BCUT2D eigenvalue weighted by molar-refractivity contribution is 6.02. The number of carbonyl (C=O) groups is 1. The maximum atomic E-state index is 12.2. The smallest absolute Gasteiger partial charge is 0.340 e. The lowest BCUT2D eigenvalue weighted by molar-refractivity contribution is 0.0602. The molecule has 2 aromatic rings. The summed E-state index contributed by atoms with van der Waals surface area (Å²) in [4.78, 5) is 19.5. The molecule has 3 aliphatic heterocycles. The fourth-order valence-corrected chi connectivity index (χ4v) is 4.58. The van der Waals surface area contributed by atoms with E-state index in [1.807, 2.05) is 18.2 Å². The number of esters is 1. The number of carbonyl (C=O) groups excluding carboxylic acids is 1. The molecule has 0 spiro atoms. The summed E-state index contributed by atoms with van der Waals surface area (Å²) in [5, 5.41) is 3.76. The number of nitrogens with one attached hydrogen (secondary N) is 1. The molecule has 1 aromatic carbocycles. The number of ether oxygens (including phenoxy) is 1. The molecule has 0 saturated carbocycles. The number of imidazole rings is 1. The Morgan fingerprint density at radius 1 is 1.35 bits per heavy atom. The molecule has 6 nitrogen and oxygen atoms in total. The highest BCUT2D eigenvalue weighted by Gasteiger charge is 2.33. The van der Waals surface area contributed by atoms with E-state index in [9.17, 15) is 4.79 Å². The third-order valence-corrected chi connectivity index (χ3v) is 5.97. The number of aromatic nitrogens is 2. The van der Waals surface area contributed by atoms with E-state index in [0.29, 0.717) is 11.6 Å². The predicted molar refractivity (Wildman–Crippen MR) is 101 cm³/mol.